The fourth-order valence-electron chi connectivity index (χ4n) is 1.58. The third kappa shape index (κ3) is 2.36. The normalized spacial score (nSPS) is 10.4. The minimum absolute atomic E-state index is 0.0596. The van der Waals surface area contributed by atoms with Crippen molar-refractivity contribution in [3.63, 3.8) is 0 Å². The second kappa shape index (κ2) is 4.78. The van der Waals surface area contributed by atoms with Crippen molar-refractivity contribution in [3.05, 3.63) is 46.1 Å². The molecule has 0 saturated carbocycles. The van der Waals surface area contributed by atoms with Gasteiger partial charge in [-0.25, -0.2) is 4.39 Å². The van der Waals surface area contributed by atoms with Crippen molar-refractivity contribution in [2.75, 3.05) is 5.32 Å². The SMILES string of the molecule is Cc1noc(C)c1C(=O)Nc1ccc(Cl)cc1F. The Morgan fingerprint density at radius 1 is 1.44 bits per heavy atom. The van der Waals surface area contributed by atoms with Crippen LogP contribution >= 0.6 is 11.6 Å². The van der Waals surface area contributed by atoms with Crippen LogP contribution in [-0.2, 0) is 0 Å². The van der Waals surface area contributed by atoms with E-state index in [1.54, 1.807) is 13.8 Å². The van der Waals surface area contributed by atoms with E-state index < -0.39 is 11.7 Å². The first-order valence-electron chi connectivity index (χ1n) is 5.18. The van der Waals surface area contributed by atoms with Crippen LogP contribution in [0.5, 0.6) is 0 Å². The number of hydrogen-bond acceptors (Lipinski definition) is 3. The third-order valence-electron chi connectivity index (χ3n) is 2.44. The summed E-state index contributed by atoms with van der Waals surface area (Å²) in [6.07, 6.45) is 0. The lowest BCUT2D eigenvalue weighted by atomic mass is 10.2. The summed E-state index contributed by atoms with van der Waals surface area (Å²) in [5, 5.41) is 6.38. The molecule has 0 spiro atoms. The minimum Gasteiger partial charge on any atom is -0.361 e. The zero-order valence-corrected chi connectivity index (χ0v) is 10.5. The highest BCUT2D eigenvalue weighted by Crippen LogP contribution is 2.21. The maximum atomic E-state index is 13.5. The molecule has 0 fully saturated rings. The lowest BCUT2D eigenvalue weighted by molar-refractivity contribution is 0.102. The van der Waals surface area contributed by atoms with Crippen molar-refractivity contribution in [2.24, 2.45) is 0 Å². The van der Waals surface area contributed by atoms with Crippen molar-refractivity contribution in [2.45, 2.75) is 13.8 Å². The molecule has 0 atom stereocenters. The quantitative estimate of drug-likeness (QED) is 0.909. The number of halogens is 2. The Labute approximate surface area is 108 Å². The molecule has 0 aliphatic heterocycles. The molecular weight excluding hydrogens is 259 g/mol. The number of hydrogen-bond donors (Lipinski definition) is 1. The van der Waals surface area contributed by atoms with E-state index in [2.05, 4.69) is 10.5 Å². The summed E-state index contributed by atoms with van der Waals surface area (Å²) in [5.74, 6) is -0.672. The van der Waals surface area contributed by atoms with E-state index in [1.807, 2.05) is 0 Å². The maximum Gasteiger partial charge on any atom is 0.261 e. The molecule has 0 radical (unpaired) electrons. The van der Waals surface area contributed by atoms with Crippen LogP contribution in [0.1, 0.15) is 21.8 Å². The lowest BCUT2D eigenvalue weighted by Gasteiger charge is -2.06. The Morgan fingerprint density at radius 2 is 2.17 bits per heavy atom. The summed E-state index contributed by atoms with van der Waals surface area (Å²) >= 11 is 5.63. The fraction of sp³-hybridized carbons (Fsp3) is 0.167. The molecule has 0 aliphatic rings. The molecule has 4 nitrogen and oxygen atoms in total. The van der Waals surface area contributed by atoms with Crippen LogP contribution in [-0.4, -0.2) is 11.1 Å². The highest BCUT2D eigenvalue weighted by molar-refractivity contribution is 6.30. The first-order valence-corrected chi connectivity index (χ1v) is 5.56. The molecule has 1 heterocycles. The zero-order chi connectivity index (χ0) is 13.3. The largest absolute Gasteiger partial charge is 0.361 e. The predicted molar refractivity (Wildman–Crippen MR) is 65.3 cm³/mol. The number of carbonyl (C=O) groups is 1. The number of aryl methyl sites for hydroxylation is 2. The van der Waals surface area contributed by atoms with Gasteiger partial charge in [-0.2, -0.15) is 0 Å². The molecule has 6 heteroatoms. The van der Waals surface area contributed by atoms with Gasteiger partial charge in [-0.1, -0.05) is 16.8 Å². The molecule has 1 amide bonds. The molecule has 0 saturated heterocycles. The van der Waals surface area contributed by atoms with Gasteiger partial charge in [0.15, 0.2) is 0 Å². The summed E-state index contributed by atoms with van der Waals surface area (Å²) in [6, 6.07) is 4.02. The van der Waals surface area contributed by atoms with Gasteiger partial charge in [0.1, 0.15) is 17.1 Å². The number of benzene rings is 1. The zero-order valence-electron chi connectivity index (χ0n) is 9.75. The van der Waals surface area contributed by atoms with E-state index >= 15 is 0 Å². The Morgan fingerprint density at radius 3 is 2.72 bits per heavy atom. The number of amides is 1. The standard InChI is InChI=1S/C12H10ClFN2O2/c1-6-11(7(2)18-16-6)12(17)15-10-4-3-8(13)5-9(10)14/h3-5H,1-2H3,(H,15,17). The number of carbonyl (C=O) groups excluding carboxylic acids is 1. The average Bonchev–Trinajstić information content (AvgIpc) is 2.62. The summed E-state index contributed by atoms with van der Waals surface area (Å²) < 4.78 is 18.4. The summed E-state index contributed by atoms with van der Waals surface area (Å²) in [6.45, 7) is 3.26. The monoisotopic (exact) mass is 268 g/mol. The molecule has 94 valence electrons. The van der Waals surface area contributed by atoms with Crippen LogP contribution in [0.4, 0.5) is 10.1 Å². The average molecular weight is 269 g/mol. The predicted octanol–water partition coefficient (Wildman–Crippen LogP) is 3.34. The van der Waals surface area contributed by atoms with E-state index in [0.29, 0.717) is 17.0 Å². The van der Waals surface area contributed by atoms with Gasteiger partial charge in [0, 0.05) is 5.02 Å². The molecule has 2 aromatic rings. The second-order valence-corrected chi connectivity index (χ2v) is 4.21. The molecule has 0 bridgehead atoms. The summed E-state index contributed by atoms with van der Waals surface area (Å²) in [7, 11) is 0. The van der Waals surface area contributed by atoms with Gasteiger partial charge in [-0.05, 0) is 32.0 Å². The van der Waals surface area contributed by atoms with Crippen molar-refractivity contribution >= 4 is 23.2 Å². The Balaban J connectivity index is 2.27. The van der Waals surface area contributed by atoms with Gasteiger partial charge >= 0.3 is 0 Å². The second-order valence-electron chi connectivity index (χ2n) is 3.78. The number of rotatable bonds is 2. The van der Waals surface area contributed by atoms with Gasteiger partial charge < -0.3 is 9.84 Å². The number of aromatic nitrogens is 1. The molecule has 18 heavy (non-hydrogen) atoms. The van der Waals surface area contributed by atoms with E-state index in [4.69, 9.17) is 16.1 Å². The molecule has 0 aliphatic carbocycles. The molecule has 1 aromatic heterocycles. The van der Waals surface area contributed by atoms with E-state index in [1.165, 1.54) is 12.1 Å². The van der Waals surface area contributed by atoms with Crippen LogP contribution in [0.25, 0.3) is 0 Å². The summed E-state index contributed by atoms with van der Waals surface area (Å²) in [5.41, 5.74) is 0.827. The molecule has 1 aromatic carbocycles. The van der Waals surface area contributed by atoms with Crippen molar-refractivity contribution in [1.82, 2.24) is 5.16 Å². The first kappa shape index (κ1) is 12.6. The number of nitrogens with zero attached hydrogens (tertiary/aromatic N) is 1. The molecule has 0 unspecified atom stereocenters. The number of anilines is 1. The molecular formula is C12H10ClFN2O2. The first-order chi connectivity index (χ1) is 8.49. The van der Waals surface area contributed by atoms with Crippen LogP contribution in [0.15, 0.2) is 22.7 Å². The van der Waals surface area contributed by atoms with Gasteiger partial charge in [0.05, 0.1) is 11.4 Å². The van der Waals surface area contributed by atoms with Gasteiger partial charge in [0.2, 0.25) is 0 Å². The van der Waals surface area contributed by atoms with Crippen LogP contribution in [0, 0.1) is 19.7 Å². The topological polar surface area (TPSA) is 55.1 Å². The van der Waals surface area contributed by atoms with Gasteiger partial charge in [-0.15, -0.1) is 0 Å². The summed E-state index contributed by atoms with van der Waals surface area (Å²) in [4.78, 5) is 11.9. The molecule has 2 rings (SSSR count). The third-order valence-corrected chi connectivity index (χ3v) is 2.67. The lowest BCUT2D eigenvalue weighted by Crippen LogP contribution is -2.14. The van der Waals surface area contributed by atoms with Gasteiger partial charge in [0.25, 0.3) is 5.91 Å². The Kier molecular flexibility index (Phi) is 3.34. The maximum absolute atomic E-state index is 13.5. The Hall–Kier alpha value is -1.88. The van der Waals surface area contributed by atoms with Gasteiger partial charge in [-0.3, -0.25) is 4.79 Å². The van der Waals surface area contributed by atoms with Crippen molar-refractivity contribution < 1.29 is 13.7 Å². The van der Waals surface area contributed by atoms with Crippen molar-refractivity contribution in [1.29, 1.82) is 0 Å². The minimum atomic E-state index is -0.595. The molecule has 1 N–H and O–H groups in total. The van der Waals surface area contributed by atoms with Crippen LogP contribution in [0.2, 0.25) is 5.02 Å². The van der Waals surface area contributed by atoms with E-state index in [-0.39, 0.29) is 10.7 Å². The Bertz CT molecular complexity index is 591. The highest BCUT2D eigenvalue weighted by Gasteiger charge is 2.18. The number of nitrogens with one attached hydrogen (secondary N) is 1. The fourth-order valence-corrected chi connectivity index (χ4v) is 1.74. The van der Waals surface area contributed by atoms with Crippen molar-refractivity contribution in [3.8, 4) is 0 Å². The van der Waals surface area contributed by atoms with E-state index in [9.17, 15) is 9.18 Å². The van der Waals surface area contributed by atoms with E-state index in [0.717, 1.165) is 6.07 Å². The van der Waals surface area contributed by atoms with Crippen LogP contribution in [0.3, 0.4) is 0 Å². The highest BCUT2D eigenvalue weighted by atomic mass is 35.5. The smallest absolute Gasteiger partial charge is 0.261 e. The van der Waals surface area contributed by atoms with Crippen LogP contribution < -0.4 is 5.32 Å².